The molecule has 0 spiro atoms. The van der Waals surface area contributed by atoms with Gasteiger partial charge in [-0.3, -0.25) is 4.79 Å². The molecule has 33 heavy (non-hydrogen) atoms. The van der Waals surface area contributed by atoms with Crippen molar-refractivity contribution >= 4 is 38.8 Å². The third kappa shape index (κ3) is 5.42. The van der Waals surface area contributed by atoms with Crippen molar-refractivity contribution in [3.8, 4) is 0 Å². The van der Waals surface area contributed by atoms with Crippen molar-refractivity contribution in [2.75, 3.05) is 25.9 Å². The van der Waals surface area contributed by atoms with Crippen molar-refractivity contribution in [3.05, 3.63) is 53.1 Å². The summed E-state index contributed by atoms with van der Waals surface area (Å²) in [5.74, 6) is 0.156. The number of hydrogen-bond acceptors (Lipinski definition) is 6. The summed E-state index contributed by atoms with van der Waals surface area (Å²) < 4.78 is 33.1. The number of hydrogen-bond donors (Lipinski definition) is 0. The van der Waals surface area contributed by atoms with Crippen LogP contribution in [0.4, 0.5) is 0 Å². The van der Waals surface area contributed by atoms with Crippen molar-refractivity contribution in [2.45, 2.75) is 49.8 Å². The first-order valence-corrected chi connectivity index (χ1v) is 13.5. The molecule has 1 fully saturated rings. The van der Waals surface area contributed by atoms with Gasteiger partial charge in [-0.25, -0.2) is 13.4 Å². The molecule has 0 radical (unpaired) electrons. The number of aryl methyl sites for hydroxylation is 2. The molecule has 0 bridgehead atoms. The highest BCUT2D eigenvalue weighted by atomic mass is 32.2. The predicted octanol–water partition coefficient (Wildman–Crippen LogP) is 4.37. The zero-order chi connectivity index (χ0) is 23.6. The number of rotatable bonds is 7. The lowest BCUT2D eigenvalue weighted by Gasteiger charge is -2.25. The number of fused-ring (bicyclic) bond motifs is 1. The average molecular weight is 488 g/mol. The maximum absolute atomic E-state index is 12.9. The van der Waals surface area contributed by atoms with E-state index in [1.807, 2.05) is 13.0 Å². The SMILES string of the molecule is Cc1ccc(CN(C)C(=O)CSc2nc3cc(S(=O)(=O)N4CCCCC4)ccc3o2)c(C)c1. The molecule has 1 aliphatic heterocycles. The summed E-state index contributed by atoms with van der Waals surface area (Å²) in [6.45, 7) is 5.75. The first-order chi connectivity index (χ1) is 15.7. The Kier molecular flexibility index (Phi) is 7.11. The molecule has 1 saturated heterocycles. The fourth-order valence-electron chi connectivity index (χ4n) is 3.96. The molecule has 0 aliphatic carbocycles. The molecule has 0 unspecified atom stereocenters. The smallest absolute Gasteiger partial charge is 0.257 e. The second-order valence-electron chi connectivity index (χ2n) is 8.54. The Hall–Kier alpha value is -2.36. The van der Waals surface area contributed by atoms with E-state index in [0.717, 1.165) is 30.4 Å². The maximum Gasteiger partial charge on any atom is 0.257 e. The number of amides is 1. The molecule has 9 heteroatoms. The first kappa shape index (κ1) is 23.8. The molecule has 176 valence electrons. The van der Waals surface area contributed by atoms with Gasteiger partial charge in [-0.05, 0) is 56.0 Å². The van der Waals surface area contributed by atoms with Crippen molar-refractivity contribution in [1.82, 2.24) is 14.2 Å². The van der Waals surface area contributed by atoms with Crippen LogP contribution in [-0.2, 0) is 21.4 Å². The lowest BCUT2D eigenvalue weighted by atomic mass is 10.1. The van der Waals surface area contributed by atoms with Gasteiger partial charge in [0.25, 0.3) is 5.22 Å². The molecule has 1 amide bonds. The van der Waals surface area contributed by atoms with Gasteiger partial charge in [0.05, 0.1) is 10.6 Å². The van der Waals surface area contributed by atoms with Crippen molar-refractivity contribution in [2.24, 2.45) is 0 Å². The number of carbonyl (C=O) groups is 1. The van der Waals surface area contributed by atoms with E-state index in [1.165, 1.54) is 21.6 Å². The second-order valence-corrected chi connectivity index (χ2v) is 11.4. The lowest BCUT2D eigenvalue weighted by molar-refractivity contribution is -0.127. The lowest BCUT2D eigenvalue weighted by Crippen LogP contribution is -2.35. The highest BCUT2D eigenvalue weighted by Gasteiger charge is 2.26. The summed E-state index contributed by atoms with van der Waals surface area (Å²) in [7, 11) is -1.75. The van der Waals surface area contributed by atoms with E-state index in [0.29, 0.717) is 36.0 Å². The Labute approximate surface area is 199 Å². The molecule has 1 aromatic heterocycles. The molecule has 1 aliphatic rings. The van der Waals surface area contributed by atoms with Gasteiger partial charge in [0.1, 0.15) is 5.52 Å². The van der Waals surface area contributed by atoms with Crippen molar-refractivity contribution < 1.29 is 17.6 Å². The highest BCUT2D eigenvalue weighted by molar-refractivity contribution is 7.99. The van der Waals surface area contributed by atoms with Crippen LogP contribution in [-0.4, -0.2) is 54.4 Å². The molecule has 4 rings (SSSR count). The molecule has 0 N–H and O–H groups in total. The summed E-state index contributed by atoms with van der Waals surface area (Å²) >= 11 is 1.21. The zero-order valence-corrected chi connectivity index (χ0v) is 20.8. The summed E-state index contributed by atoms with van der Waals surface area (Å²) in [6.07, 6.45) is 2.84. The Morgan fingerprint density at radius 3 is 2.61 bits per heavy atom. The van der Waals surface area contributed by atoms with E-state index in [1.54, 1.807) is 30.1 Å². The van der Waals surface area contributed by atoms with Gasteiger partial charge in [-0.1, -0.05) is 41.9 Å². The minimum Gasteiger partial charge on any atom is -0.431 e. The first-order valence-electron chi connectivity index (χ1n) is 11.1. The highest BCUT2D eigenvalue weighted by Crippen LogP contribution is 2.28. The Bertz CT molecular complexity index is 1260. The number of sulfonamides is 1. The summed E-state index contributed by atoms with van der Waals surface area (Å²) in [5, 5.41) is 0.353. The van der Waals surface area contributed by atoms with Gasteiger partial charge in [-0.2, -0.15) is 4.31 Å². The Morgan fingerprint density at radius 2 is 1.88 bits per heavy atom. The molecule has 2 aromatic carbocycles. The normalized spacial score (nSPS) is 15.1. The van der Waals surface area contributed by atoms with Gasteiger partial charge < -0.3 is 9.32 Å². The van der Waals surface area contributed by atoms with Crippen LogP contribution < -0.4 is 0 Å². The molecular weight excluding hydrogens is 458 g/mol. The van der Waals surface area contributed by atoms with Crippen LogP contribution in [0.1, 0.15) is 36.0 Å². The maximum atomic E-state index is 12.9. The van der Waals surface area contributed by atoms with Crippen molar-refractivity contribution in [3.63, 3.8) is 0 Å². The zero-order valence-electron chi connectivity index (χ0n) is 19.2. The Morgan fingerprint density at radius 1 is 1.12 bits per heavy atom. The number of nitrogens with zero attached hydrogens (tertiary/aromatic N) is 3. The number of benzene rings is 2. The van der Waals surface area contributed by atoms with Gasteiger partial charge >= 0.3 is 0 Å². The van der Waals surface area contributed by atoms with Crippen LogP contribution in [0.3, 0.4) is 0 Å². The van der Waals surface area contributed by atoms with E-state index >= 15 is 0 Å². The molecular formula is C24H29N3O4S2. The van der Waals surface area contributed by atoms with E-state index in [2.05, 4.69) is 24.0 Å². The van der Waals surface area contributed by atoms with Gasteiger partial charge in [0.15, 0.2) is 5.58 Å². The van der Waals surface area contributed by atoms with Gasteiger partial charge in [0, 0.05) is 26.7 Å². The van der Waals surface area contributed by atoms with Gasteiger partial charge in [-0.15, -0.1) is 0 Å². The molecule has 0 atom stereocenters. The van der Waals surface area contributed by atoms with Crippen LogP contribution in [0.25, 0.3) is 11.1 Å². The monoisotopic (exact) mass is 487 g/mol. The van der Waals surface area contributed by atoms with Gasteiger partial charge in [0.2, 0.25) is 15.9 Å². The van der Waals surface area contributed by atoms with Crippen LogP contribution in [0.2, 0.25) is 0 Å². The molecule has 3 aromatic rings. The summed E-state index contributed by atoms with van der Waals surface area (Å²) in [4.78, 5) is 19.0. The molecule has 2 heterocycles. The fourth-order valence-corrected chi connectivity index (χ4v) is 6.28. The van der Waals surface area contributed by atoms with E-state index in [9.17, 15) is 13.2 Å². The quantitative estimate of drug-likeness (QED) is 0.460. The number of carbonyl (C=O) groups excluding carboxylic acids is 1. The van der Waals surface area contributed by atoms with Crippen LogP contribution >= 0.6 is 11.8 Å². The Balaban J connectivity index is 1.41. The second kappa shape index (κ2) is 9.87. The minimum absolute atomic E-state index is 0.0319. The topological polar surface area (TPSA) is 83.7 Å². The molecule has 7 nitrogen and oxygen atoms in total. The van der Waals surface area contributed by atoms with Crippen LogP contribution in [0, 0.1) is 13.8 Å². The van der Waals surface area contributed by atoms with E-state index in [-0.39, 0.29) is 16.6 Å². The number of piperidine rings is 1. The minimum atomic E-state index is -3.53. The third-order valence-corrected chi connectivity index (χ3v) is 8.65. The number of aromatic nitrogens is 1. The average Bonchev–Trinajstić information content (AvgIpc) is 3.22. The third-order valence-electron chi connectivity index (χ3n) is 5.94. The number of thioether (sulfide) groups is 1. The van der Waals surface area contributed by atoms with E-state index < -0.39 is 10.0 Å². The van der Waals surface area contributed by atoms with Crippen molar-refractivity contribution in [1.29, 1.82) is 0 Å². The van der Waals surface area contributed by atoms with E-state index in [4.69, 9.17) is 4.42 Å². The number of oxazole rings is 1. The predicted molar refractivity (Wildman–Crippen MR) is 130 cm³/mol. The fraction of sp³-hybridized carbons (Fsp3) is 0.417. The molecule has 0 saturated carbocycles. The summed E-state index contributed by atoms with van der Waals surface area (Å²) in [5.41, 5.74) is 4.46. The van der Waals surface area contributed by atoms with Crippen LogP contribution in [0.15, 0.2) is 50.9 Å². The summed E-state index contributed by atoms with van der Waals surface area (Å²) in [6, 6.07) is 11.0. The van der Waals surface area contributed by atoms with Crippen LogP contribution in [0.5, 0.6) is 0 Å². The largest absolute Gasteiger partial charge is 0.431 e. The standard InChI is InChI=1S/C24H29N3O4S2/c1-17-7-8-19(18(2)13-17)15-26(3)23(28)16-32-24-25-21-14-20(9-10-22(21)31-24)33(29,30)27-11-5-4-6-12-27/h7-10,13-14H,4-6,11-12,15-16H2,1-3H3.